The molecule has 1 aliphatic rings. The molecule has 1 saturated carbocycles. The predicted molar refractivity (Wildman–Crippen MR) is 93.3 cm³/mol. The van der Waals surface area contributed by atoms with Crippen molar-refractivity contribution < 1.29 is 0 Å². The van der Waals surface area contributed by atoms with Crippen molar-refractivity contribution in [2.75, 3.05) is 18.5 Å². The van der Waals surface area contributed by atoms with E-state index in [1.807, 2.05) is 11.3 Å². The largest absolute Gasteiger partial charge is 0.348 e. The van der Waals surface area contributed by atoms with Gasteiger partial charge in [0.25, 0.3) is 0 Å². The molecule has 0 amide bonds. The molecule has 2 rings (SSSR count). The van der Waals surface area contributed by atoms with Crippen LogP contribution in [0, 0.1) is 12.3 Å². The van der Waals surface area contributed by atoms with E-state index in [0.717, 1.165) is 13.1 Å². The van der Waals surface area contributed by atoms with Crippen LogP contribution in [0.2, 0.25) is 0 Å². The molecule has 0 bridgehead atoms. The van der Waals surface area contributed by atoms with Crippen molar-refractivity contribution in [2.24, 2.45) is 5.41 Å². The Balaban J connectivity index is 1.96. The summed E-state index contributed by atoms with van der Waals surface area (Å²) in [6.07, 6.45) is 6.44. The van der Waals surface area contributed by atoms with E-state index in [4.69, 9.17) is 4.98 Å². The van der Waals surface area contributed by atoms with Gasteiger partial charge in [-0.05, 0) is 51.0 Å². The Kier molecular flexibility index (Phi) is 5.67. The Bertz CT molecular complexity index is 443. The van der Waals surface area contributed by atoms with Gasteiger partial charge in [-0.1, -0.05) is 20.8 Å². The smallest absolute Gasteiger partial charge is 0.185 e. The number of thiazole rings is 1. The number of rotatable bonds is 6. The number of hydrogen-bond acceptors (Lipinski definition) is 4. The summed E-state index contributed by atoms with van der Waals surface area (Å²) >= 11 is 1.86. The van der Waals surface area contributed by atoms with E-state index in [1.165, 1.54) is 47.8 Å². The number of nitrogens with zero attached hydrogens (tertiary/aromatic N) is 2. The summed E-state index contributed by atoms with van der Waals surface area (Å²) in [5.74, 6) is 0. The van der Waals surface area contributed by atoms with Gasteiger partial charge in [-0.25, -0.2) is 4.98 Å². The minimum Gasteiger partial charge on any atom is -0.348 e. The predicted octanol–water partition coefficient (Wildman–Crippen LogP) is 4.36. The zero-order chi connectivity index (χ0) is 15.5. The summed E-state index contributed by atoms with van der Waals surface area (Å²) in [4.78, 5) is 8.62. The second kappa shape index (κ2) is 7.10. The van der Waals surface area contributed by atoms with Crippen LogP contribution in [0.4, 0.5) is 5.13 Å². The van der Waals surface area contributed by atoms with Crippen molar-refractivity contribution in [3.63, 3.8) is 0 Å². The van der Waals surface area contributed by atoms with Crippen LogP contribution in [0.15, 0.2) is 0 Å². The molecule has 1 heterocycles. The summed E-state index contributed by atoms with van der Waals surface area (Å²) in [6.45, 7) is 11.2. The van der Waals surface area contributed by atoms with E-state index in [1.54, 1.807) is 0 Å². The van der Waals surface area contributed by atoms with Gasteiger partial charge in [0.15, 0.2) is 5.13 Å². The molecule has 1 N–H and O–H groups in total. The quantitative estimate of drug-likeness (QED) is 0.792. The highest BCUT2D eigenvalue weighted by Gasteiger charge is 2.29. The number of hydrogen-bond donors (Lipinski definition) is 1. The van der Waals surface area contributed by atoms with Gasteiger partial charge in [0.1, 0.15) is 0 Å². The van der Waals surface area contributed by atoms with E-state index in [-0.39, 0.29) is 0 Å². The van der Waals surface area contributed by atoms with Crippen LogP contribution < -0.4 is 10.2 Å². The molecule has 0 atom stereocenters. The summed E-state index contributed by atoms with van der Waals surface area (Å²) in [5.41, 5.74) is 1.73. The van der Waals surface area contributed by atoms with Crippen molar-refractivity contribution in [2.45, 2.75) is 72.4 Å². The highest BCUT2D eigenvalue weighted by Crippen LogP contribution is 2.38. The van der Waals surface area contributed by atoms with Crippen molar-refractivity contribution in [3.05, 3.63) is 10.6 Å². The summed E-state index contributed by atoms with van der Waals surface area (Å²) in [5, 5.41) is 4.69. The minimum atomic E-state index is 0.533. The first-order chi connectivity index (χ1) is 9.93. The Morgan fingerprint density at radius 1 is 1.33 bits per heavy atom. The molecule has 0 saturated heterocycles. The van der Waals surface area contributed by atoms with Crippen LogP contribution in [0.5, 0.6) is 0 Å². The molecule has 21 heavy (non-hydrogen) atoms. The van der Waals surface area contributed by atoms with Crippen LogP contribution in [-0.4, -0.2) is 24.6 Å². The Labute approximate surface area is 134 Å². The summed E-state index contributed by atoms with van der Waals surface area (Å²) in [6, 6.07) is 0.667. The van der Waals surface area contributed by atoms with E-state index in [9.17, 15) is 0 Å². The standard InChI is InChI=1S/C17H31N3S/c1-6-11-18-12-15-13(2)19-16(21-15)20(5)14-7-9-17(3,4)10-8-14/h14,18H,6-12H2,1-5H3. The van der Waals surface area contributed by atoms with Gasteiger partial charge in [0.05, 0.1) is 5.69 Å². The van der Waals surface area contributed by atoms with Crippen LogP contribution in [0.1, 0.15) is 63.4 Å². The first-order valence-electron chi connectivity index (χ1n) is 8.33. The van der Waals surface area contributed by atoms with Crippen molar-refractivity contribution in [1.29, 1.82) is 0 Å². The maximum absolute atomic E-state index is 4.81. The van der Waals surface area contributed by atoms with Gasteiger partial charge in [-0.2, -0.15) is 0 Å². The fourth-order valence-electron chi connectivity index (χ4n) is 3.03. The Morgan fingerprint density at radius 3 is 2.62 bits per heavy atom. The fraction of sp³-hybridized carbons (Fsp3) is 0.824. The van der Waals surface area contributed by atoms with Crippen LogP contribution >= 0.6 is 11.3 Å². The van der Waals surface area contributed by atoms with Gasteiger partial charge in [0.2, 0.25) is 0 Å². The second-order valence-electron chi connectivity index (χ2n) is 7.19. The lowest BCUT2D eigenvalue weighted by Gasteiger charge is -2.38. The normalized spacial score (nSPS) is 18.9. The molecule has 4 heteroatoms. The topological polar surface area (TPSA) is 28.2 Å². The lowest BCUT2D eigenvalue weighted by atomic mass is 9.75. The number of aryl methyl sites for hydroxylation is 1. The molecule has 0 aromatic carbocycles. The van der Waals surface area contributed by atoms with Gasteiger partial charge in [0, 0.05) is 24.5 Å². The molecule has 1 aromatic rings. The van der Waals surface area contributed by atoms with Gasteiger partial charge in [-0.3, -0.25) is 0 Å². The van der Waals surface area contributed by atoms with Crippen molar-refractivity contribution >= 4 is 16.5 Å². The summed E-state index contributed by atoms with van der Waals surface area (Å²) < 4.78 is 0. The molecule has 3 nitrogen and oxygen atoms in total. The second-order valence-corrected chi connectivity index (χ2v) is 8.25. The maximum atomic E-state index is 4.81. The van der Waals surface area contributed by atoms with Crippen LogP contribution in [0.25, 0.3) is 0 Å². The van der Waals surface area contributed by atoms with Crippen LogP contribution in [0.3, 0.4) is 0 Å². The molecular weight excluding hydrogens is 278 g/mol. The number of aromatic nitrogens is 1. The third-order valence-electron chi connectivity index (χ3n) is 4.75. The molecule has 0 spiro atoms. The summed E-state index contributed by atoms with van der Waals surface area (Å²) in [7, 11) is 2.23. The van der Waals surface area contributed by atoms with E-state index >= 15 is 0 Å². The van der Waals surface area contributed by atoms with Gasteiger partial charge < -0.3 is 10.2 Å². The molecule has 0 radical (unpaired) electrons. The zero-order valence-electron chi connectivity index (χ0n) is 14.3. The first kappa shape index (κ1) is 16.8. The molecule has 1 aliphatic carbocycles. The fourth-order valence-corrected chi connectivity index (χ4v) is 4.10. The SMILES string of the molecule is CCCNCc1sc(N(C)C2CCC(C)(C)CC2)nc1C. The van der Waals surface area contributed by atoms with E-state index in [0.29, 0.717) is 11.5 Å². The molecular formula is C17H31N3S. The number of nitrogens with one attached hydrogen (secondary N) is 1. The molecule has 0 aliphatic heterocycles. The molecule has 1 aromatic heterocycles. The average molecular weight is 310 g/mol. The zero-order valence-corrected chi connectivity index (χ0v) is 15.1. The van der Waals surface area contributed by atoms with Gasteiger partial charge in [-0.15, -0.1) is 11.3 Å². The lowest BCUT2D eigenvalue weighted by Crippen LogP contribution is -2.37. The number of anilines is 1. The third kappa shape index (κ3) is 4.43. The maximum Gasteiger partial charge on any atom is 0.185 e. The van der Waals surface area contributed by atoms with Crippen molar-refractivity contribution in [1.82, 2.24) is 10.3 Å². The van der Waals surface area contributed by atoms with Crippen LogP contribution in [-0.2, 0) is 6.54 Å². The first-order valence-corrected chi connectivity index (χ1v) is 9.14. The minimum absolute atomic E-state index is 0.533. The van der Waals surface area contributed by atoms with E-state index < -0.39 is 0 Å². The van der Waals surface area contributed by atoms with Crippen molar-refractivity contribution in [3.8, 4) is 0 Å². The molecule has 0 unspecified atom stereocenters. The van der Waals surface area contributed by atoms with Gasteiger partial charge >= 0.3 is 0 Å². The third-order valence-corrected chi connectivity index (χ3v) is 6.00. The highest BCUT2D eigenvalue weighted by molar-refractivity contribution is 7.15. The average Bonchev–Trinajstić information content (AvgIpc) is 2.80. The molecule has 1 fully saturated rings. The Hall–Kier alpha value is -0.610. The monoisotopic (exact) mass is 309 g/mol. The molecule has 120 valence electrons. The Morgan fingerprint density at radius 2 is 2.00 bits per heavy atom. The highest BCUT2D eigenvalue weighted by atomic mass is 32.1. The lowest BCUT2D eigenvalue weighted by molar-refractivity contribution is 0.222. The van der Waals surface area contributed by atoms with E-state index in [2.05, 4.69) is 45.0 Å².